The van der Waals surface area contributed by atoms with E-state index in [0.29, 0.717) is 11.5 Å². The van der Waals surface area contributed by atoms with E-state index in [4.69, 9.17) is 0 Å². The van der Waals surface area contributed by atoms with Crippen LogP contribution in [0.15, 0.2) is 27.1 Å². The van der Waals surface area contributed by atoms with Gasteiger partial charge in [0.1, 0.15) is 0 Å². The van der Waals surface area contributed by atoms with E-state index in [1.165, 1.54) is 19.3 Å². The van der Waals surface area contributed by atoms with Gasteiger partial charge in [-0.05, 0) is 42.9 Å². The molecule has 1 aromatic rings. The molecule has 98 valence electrons. The van der Waals surface area contributed by atoms with Crippen LogP contribution in [-0.2, 0) is 0 Å². The smallest absolute Gasteiger partial charge is 0.251 e. The maximum absolute atomic E-state index is 12.0. The van der Waals surface area contributed by atoms with Crippen LogP contribution in [0.4, 0.5) is 0 Å². The summed E-state index contributed by atoms with van der Waals surface area (Å²) in [5.74, 6) is 1.48. The summed E-state index contributed by atoms with van der Waals surface area (Å²) < 4.78 is 1.83. The van der Waals surface area contributed by atoms with E-state index in [1.807, 2.05) is 18.2 Å². The highest BCUT2D eigenvalue weighted by Gasteiger charge is 2.21. The Hall–Kier alpha value is -0.350. The number of carbonyl (C=O) groups excluding carboxylic acids is 1. The lowest BCUT2D eigenvalue weighted by Gasteiger charge is -2.11. The van der Waals surface area contributed by atoms with Crippen LogP contribution >= 0.6 is 31.9 Å². The second-order valence-electron chi connectivity index (χ2n) is 5.15. The van der Waals surface area contributed by atoms with E-state index in [-0.39, 0.29) is 5.91 Å². The third-order valence-corrected chi connectivity index (χ3v) is 4.40. The zero-order valence-corrected chi connectivity index (χ0v) is 13.6. The number of hydrogen-bond acceptors (Lipinski definition) is 1. The zero-order chi connectivity index (χ0) is 13.1. The summed E-state index contributed by atoms with van der Waals surface area (Å²) in [5, 5.41) is 3.04. The Morgan fingerprint density at radius 1 is 1.28 bits per heavy atom. The van der Waals surface area contributed by atoms with Gasteiger partial charge in [0.15, 0.2) is 0 Å². The predicted octanol–water partition coefficient (Wildman–Crippen LogP) is 4.38. The number of hydrogen-bond donors (Lipinski definition) is 1. The average molecular weight is 375 g/mol. The van der Waals surface area contributed by atoms with Gasteiger partial charge in [0.05, 0.1) is 0 Å². The Morgan fingerprint density at radius 2 is 1.94 bits per heavy atom. The van der Waals surface area contributed by atoms with Gasteiger partial charge in [0.25, 0.3) is 5.91 Å². The molecule has 2 unspecified atom stereocenters. The fourth-order valence-electron chi connectivity index (χ4n) is 2.53. The molecule has 0 aromatic heterocycles. The van der Waals surface area contributed by atoms with Crippen molar-refractivity contribution >= 4 is 37.8 Å². The molecule has 4 heteroatoms. The van der Waals surface area contributed by atoms with Crippen LogP contribution in [0.2, 0.25) is 0 Å². The summed E-state index contributed by atoms with van der Waals surface area (Å²) in [4.78, 5) is 12.0. The molecule has 0 saturated heterocycles. The molecule has 1 aliphatic carbocycles. The summed E-state index contributed by atoms with van der Waals surface area (Å²) >= 11 is 6.79. The summed E-state index contributed by atoms with van der Waals surface area (Å²) in [5.41, 5.74) is 0.697. The zero-order valence-electron chi connectivity index (χ0n) is 10.4. The minimum atomic E-state index is 0.0107. The van der Waals surface area contributed by atoms with Crippen molar-refractivity contribution in [1.82, 2.24) is 5.32 Å². The molecule has 1 N–H and O–H groups in total. The number of halogens is 2. The fraction of sp³-hybridized carbons (Fsp3) is 0.500. The van der Waals surface area contributed by atoms with Crippen LogP contribution in [0, 0.1) is 11.8 Å². The Bertz CT molecular complexity index is 427. The minimum Gasteiger partial charge on any atom is -0.352 e. The van der Waals surface area contributed by atoms with Gasteiger partial charge in [-0.3, -0.25) is 4.79 Å². The van der Waals surface area contributed by atoms with E-state index in [0.717, 1.165) is 21.4 Å². The normalized spacial score (nSPS) is 23.1. The van der Waals surface area contributed by atoms with Gasteiger partial charge in [-0.1, -0.05) is 45.2 Å². The Balaban J connectivity index is 1.91. The number of benzene rings is 1. The number of rotatable bonds is 3. The molecular formula is C14H17Br2NO. The molecule has 1 amide bonds. The van der Waals surface area contributed by atoms with Crippen molar-refractivity contribution < 1.29 is 4.79 Å². The van der Waals surface area contributed by atoms with Gasteiger partial charge in [0.2, 0.25) is 0 Å². The highest BCUT2D eigenvalue weighted by atomic mass is 79.9. The first-order valence-electron chi connectivity index (χ1n) is 6.29. The first-order chi connectivity index (χ1) is 8.54. The minimum absolute atomic E-state index is 0.0107. The highest BCUT2D eigenvalue weighted by molar-refractivity contribution is 9.11. The number of carbonyl (C=O) groups is 1. The quantitative estimate of drug-likeness (QED) is 0.835. The predicted molar refractivity (Wildman–Crippen MR) is 80.7 cm³/mol. The van der Waals surface area contributed by atoms with Gasteiger partial charge >= 0.3 is 0 Å². The third-order valence-electron chi connectivity index (χ3n) is 3.48. The average Bonchev–Trinajstić information content (AvgIpc) is 2.70. The van der Waals surface area contributed by atoms with E-state index >= 15 is 0 Å². The third kappa shape index (κ3) is 3.82. The second kappa shape index (κ2) is 6.20. The van der Waals surface area contributed by atoms with Crippen LogP contribution in [0.3, 0.4) is 0 Å². The van der Waals surface area contributed by atoms with Crippen LogP contribution in [0.5, 0.6) is 0 Å². The second-order valence-corrected chi connectivity index (χ2v) is 6.98. The largest absolute Gasteiger partial charge is 0.352 e. The van der Waals surface area contributed by atoms with E-state index < -0.39 is 0 Å². The maximum atomic E-state index is 12.0. The Kier molecular flexibility index (Phi) is 4.84. The lowest BCUT2D eigenvalue weighted by atomic mass is 10.1. The van der Waals surface area contributed by atoms with Gasteiger partial charge in [-0.15, -0.1) is 0 Å². The molecule has 2 nitrogen and oxygen atoms in total. The van der Waals surface area contributed by atoms with Crippen molar-refractivity contribution in [1.29, 1.82) is 0 Å². The van der Waals surface area contributed by atoms with Crippen LogP contribution in [-0.4, -0.2) is 12.5 Å². The topological polar surface area (TPSA) is 29.1 Å². The molecule has 0 aliphatic heterocycles. The van der Waals surface area contributed by atoms with E-state index in [9.17, 15) is 4.79 Å². The van der Waals surface area contributed by atoms with Crippen molar-refractivity contribution in [3.05, 3.63) is 32.7 Å². The van der Waals surface area contributed by atoms with Gasteiger partial charge in [-0.25, -0.2) is 0 Å². The van der Waals surface area contributed by atoms with Crippen molar-refractivity contribution in [3.63, 3.8) is 0 Å². The molecule has 18 heavy (non-hydrogen) atoms. The lowest BCUT2D eigenvalue weighted by Crippen LogP contribution is -2.28. The van der Waals surface area contributed by atoms with Crippen molar-refractivity contribution in [2.24, 2.45) is 11.8 Å². The Morgan fingerprint density at radius 3 is 2.50 bits per heavy atom. The van der Waals surface area contributed by atoms with Crippen LogP contribution in [0.1, 0.15) is 36.5 Å². The van der Waals surface area contributed by atoms with E-state index in [2.05, 4.69) is 44.1 Å². The van der Waals surface area contributed by atoms with Crippen molar-refractivity contribution in [2.45, 2.75) is 26.2 Å². The van der Waals surface area contributed by atoms with Crippen molar-refractivity contribution in [2.75, 3.05) is 6.54 Å². The Labute approximate surface area is 125 Å². The first kappa shape index (κ1) is 14.1. The summed E-state index contributed by atoms with van der Waals surface area (Å²) in [6.45, 7) is 3.08. The van der Waals surface area contributed by atoms with Crippen LogP contribution in [0.25, 0.3) is 0 Å². The maximum Gasteiger partial charge on any atom is 0.251 e. The summed E-state index contributed by atoms with van der Waals surface area (Å²) in [7, 11) is 0. The molecular weight excluding hydrogens is 358 g/mol. The standard InChI is InChI=1S/C14H17Br2NO/c1-9-2-3-10(4-9)8-17-14(18)11-5-12(15)7-13(16)6-11/h5-7,9-10H,2-4,8H2,1H3,(H,17,18). The lowest BCUT2D eigenvalue weighted by molar-refractivity contribution is 0.0947. The first-order valence-corrected chi connectivity index (χ1v) is 7.87. The van der Waals surface area contributed by atoms with E-state index in [1.54, 1.807) is 0 Å². The monoisotopic (exact) mass is 373 g/mol. The molecule has 1 fully saturated rings. The van der Waals surface area contributed by atoms with Crippen molar-refractivity contribution in [3.8, 4) is 0 Å². The SMILES string of the molecule is CC1CCC(CNC(=O)c2cc(Br)cc(Br)c2)C1. The molecule has 0 bridgehead atoms. The highest BCUT2D eigenvalue weighted by Crippen LogP contribution is 2.29. The molecule has 1 aliphatic rings. The molecule has 1 aromatic carbocycles. The van der Waals surface area contributed by atoms with Gasteiger partial charge in [-0.2, -0.15) is 0 Å². The fourth-order valence-corrected chi connectivity index (χ4v) is 3.83. The van der Waals surface area contributed by atoms with Gasteiger partial charge < -0.3 is 5.32 Å². The molecule has 0 radical (unpaired) electrons. The van der Waals surface area contributed by atoms with Crippen LogP contribution < -0.4 is 5.32 Å². The van der Waals surface area contributed by atoms with Gasteiger partial charge in [0, 0.05) is 21.1 Å². The summed E-state index contributed by atoms with van der Waals surface area (Å²) in [6.07, 6.45) is 3.77. The number of amides is 1. The molecule has 2 atom stereocenters. The molecule has 2 rings (SSSR count). The molecule has 0 heterocycles. The summed E-state index contributed by atoms with van der Waals surface area (Å²) in [6, 6.07) is 5.62. The number of nitrogens with one attached hydrogen (secondary N) is 1. The molecule has 1 saturated carbocycles. The molecule has 0 spiro atoms.